The number of nitriles is 1. The van der Waals surface area contributed by atoms with Crippen LogP contribution < -0.4 is 4.74 Å². The number of ether oxygens (including phenoxy) is 1. The molecule has 0 saturated heterocycles. The van der Waals surface area contributed by atoms with Gasteiger partial charge in [0.05, 0.1) is 15.0 Å². The fourth-order valence-electron chi connectivity index (χ4n) is 1.71. The van der Waals surface area contributed by atoms with E-state index >= 15 is 0 Å². The fraction of sp³-hybridized carbons (Fsp3) is 0.0625. The van der Waals surface area contributed by atoms with Gasteiger partial charge in [-0.15, -0.1) is 0 Å². The molecule has 0 saturated carbocycles. The quantitative estimate of drug-likeness (QED) is 0.562. The van der Waals surface area contributed by atoms with Crippen molar-refractivity contribution >= 4 is 49.5 Å². The smallest absolute Gasteiger partial charge is 0.148 e. The molecular formula is C16H10Br2ClNO. The van der Waals surface area contributed by atoms with Crippen LogP contribution in [0.3, 0.4) is 0 Å². The maximum Gasteiger partial charge on any atom is 0.148 e. The summed E-state index contributed by atoms with van der Waals surface area (Å²) < 4.78 is 7.44. The lowest BCUT2D eigenvalue weighted by atomic mass is 10.2. The zero-order valence-corrected chi connectivity index (χ0v) is 14.7. The zero-order valence-electron chi connectivity index (χ0n) is 10.8. The van der Waals surface area contributed by atoms with Gasteiger partial charge >= 0.3 is 0 Å². The van der Waals surface area contributed by atoms with Crippen LogP contribution in [0.25, 0.3) is 6.08 Å². The minimum atomic E-state index is 0.379. The molecule has 0 N–H and O–H groups in total. The van der Waals surface area contributed by atoms with E-state index < -0.39 is 0 Å². The Morgan fingerprint density at radius 2 is 1.86 bits per heavy atom. The Morgan fingerprint density at radius 1 is 1.19 bits per heavy atom. The number of nitrogens with zero attached hydrogens (tertiary/aromatic N) is 1. The van der Waals surface area contributed by atoms with E-state index in [9.17, 15) is 0 Å². The van der Waals surface area contributed by atoms with Crippen molar-refractivity contribution < 1.29 is 4.74 Å². The largest absolute Gasteiger partial charge is 0.486 e. The third-order valence-electron chi connectivity index (χ3n) is 2.70. The third kappa shape index (κ3) is 4.34. The molecular weight excluding hydrogens is 417 g/mol. The summed E-state index contributed by atoms with van der Waals surface area (Å²) in [5.74, 6) is 0.698. The molecule has 0 bridgehead atoms. The molecule has 0 unspecified atom stereocenters. The normalized spacial score (nSPS) is 10.6. The summed E-state index contributed by atoms with van der Waals surface area (Å²) in [6, 6.07) is 13.3. The van der Waals surface area contributed by atoms with E-state index in [1.54, 1.807) is 6.08 Å². The van der Waals surface area contributed by atoms with Crippen LogP contribution in [0.5, 0.6) is 5.75 Å². The first kappa shape index (κ1) is 16.1. The van der Waals surface area contributed by atoms with Crippen molar-refractivity contribution in [1.29, 1.82) is 5.26 Å². The SMILES string of the molecule is N#C/C=C/c1cc(Br)c(OCc2ccccc2Cl)c(Br)c1. The van der Waals surface area contributed by atoms with E-state index in [1.165, 1.54) is 6.08 Å². The van der Waals surface area contributed by atoms with Crippen LogP contribution in [0.1, 0.15) is 11.1 Å². The van der Waals surface area contributed by atoms with Crippen LogP contribution >= 0.6 is 43.5 Å². The fourth-order valence-corrected chi connectivity index (χ4v) is 3.35. The highest BCUT2D eigenvalue weighted by molar-refractivity contribution is 9.11. The molecule has 0 aromatic heterocycles. The number of halogens is 3. The predicted molar refractivity (Wildman–Crippen MR) is 92.3 cm³/mol. The minimum Gasteiger partial charge on any atom is -0.486 e. The van der Waals surface area contributed by atoms with Gasteiger partial charge in [0.2, 0.25) is 0 Å². The number of allylic oxidation sites excluding steroid dienone is 1. The second kappa shape index (κ2) is 7.65. The van der Waals surface area contributed by atoms with Crippen LogP contribution in [0.4, 0.5) is 0 Å². The molecule has 0 atom stereocenters. The maximum absolute atomic E-state index is 8.56. The molecule has 0 spiro atoms. The second-order valence-corrected chi connectivity index (χ2v) is 6.27. The highest BCUT2D eigenvalue weighted by Gasteiger charge is 2.09. The van der Waals surface area contributed by atoms with E-state index in [4.69, 9.17) is 21.6 Å². The summed E-state index contributed by atoms with van der Waals surface area (Å²) >= 11 is 13.1. The van der Waals surface area contributed by atoms with Crippen LogP contribution in [-0.4, -0.2) is 0 Å². The molecule has 0 fully saturated rings. The van der Waals surface area contributed by atoms with Gasteiger partial charge in [0, 0.05) is 16.7 Å². The molecule has 0 heterocycles. The molecule has 2 rings (SSSR count). The van der Waals surface area contributed by atoms with Crippen molar-refractivity contribution in [3.63, 3.8) is 0 Å². The highest BCUT2D eigenvalue weighted by atomic mass is 79.9. The molecule has 106 valence electrons. The highest BCUT2D eigenvalue weighted by Crippen LogP contribution is 2.36. The average Bonchev–Trinajstić information content (AvgIpc) is 2.46. The van der Waals surface area contributed by atoms with Gasteiger partial charge in [0.1, 0.15) is 12.4 Å². The Hall–Kier alpha value is -1.28. The Morgan fingerprint density at radius 3 is 2.48 bits per heavy atom. The topological polar surface area (TPSA) is 33.0 Å². The molecule has 2 aromatic carbocycles. The van der Waals surface area contributed by atoms with Crippen molar-refractivity contribution in [2.45, 2.75) is 6.61 Å². The summed E-state index contributed by atoms with van der Waals surface area (Å²) in [4.78, 5) is 0. The summed E-state index contributed by atoms with van der Waals surface area (Å²) in [5, 5.41) is 9.24. The average molecular weight is 428 g/mol. The van der Waals surface area contributed by atoms with E-state index in [0.29, 0.717) is 17.4 Å². The Balaban J connectivity index is 2.20. The van der Waals surface area contributed by atoms with E-state index in [-0.39, 0.29) is 0 Å². The summed E-state index contributed by atoms with van der Waals surface area (Å²) in [5.41, 5.74) is 1.83. The molecule has 2 nitrogen and oxygen atoms in total. The molecule has 0 radical (unpaired) electrons. The first-order valence-corrected chi connectivity index (χ1v) is 7.99. The van der Waals surface area contributed by atoms with Crippen LogP contribution in [0.15, 0.2) is 51.4 Å². The van der Waals surface area contributed by atoms with Crippen LogP contribution in [0, 0.1) is 11.3 Å². The summed E-state index contributed by atoms with van der Waals surface area (Å²) in [6.07, 6.45) is 3.16. The molecule has 0 aliphatic carbocycles. The standard InChI is InChI=1S/C16H10Br2ClNO/c17-13-8-11(4-3-7-20)9-14(18)16(13)21-10-12-5-1-2-6-15(12)19/h1-6,8-9H,10H2/b4-3+. The van der Waals surface area contributed by atoms with Crippen molar-refractivity contribution in [2.75, 3.05) is 0 Å². The lowest BCUT2D eigenvalue weighted by molar-refractivity contribution is 0.302. The van der Waals surface area contributed by atoms with E-state index in [0.717, 1.165) is 20.1 Å². The van der Waals surface area contributed by atoms with Gasteiger partial charge in [-0.05, 0) is 61.7 Å². The third-order valence-corrected chi connectivity index (χ3v) is 4.25. The van der Waals surface area contributed by atoms with Crippen LogP contribution in [0.2, 0.25) is 5.02 Å². The van der Waals surface area contributed by atoms with Crippen molar-refractivity contribution in [3.05, 3.63) is 67.6 Å². The lowest BCUT2D eigenvalue weighted by Gasteiger charge is -2.12. The van der Waals surface area contributed by atoms with Crippen molar-refractivity contribution in [3.8, 4) is 11.8 Å². The summed E-state index contributed by atoms with van der Waals surface area (Å²) in [6.45, 7) is 0.379. The van der Waals surface area contributed by atoms with Crippen molar-refractivity contribution in [1.82, 2.24) is 0 Å². The Kier molecular flexibility index (Phi) is 5.86. The molecule has 5 heteroatoms. The van der Waals surface area contributed by atoms with Crippen LogP contribution in [-0.2, 0) is 6.61 Å². The molecule has 21 heavy (non-hydrogen) atoms. The van der Waals surface area contributed by atoms with E-state index in [1.807, 2.05) is 42.5 Å². The molecule has 0 aliphatic heterocycles. The van der Waals surface area contributed by atoms with Crippen molar-refractivity contribution in [2.24, 2.45) is 0 Å². The monoisotopic (exact) mass is 425 g/mol. The van der Waals surface area contributed by atoms with Gasteiger partial charge in [0.15, 0.2) is 0 Å². The van der Waals surface area contributed by atoms with Gasteiger partial charge in [-0.2, -0.15) is 5.26 Å². The molecule has 2 aromatic rings. The number of benzene rings is 2. The predicted octanol–water partition coefficient (Wildman–Crippen LogP) is 5.98. The van der Waals surface area contributed by atoms with Gasteiger partial charge in [0.25, 0.3) is 0 Å². The van der Waals surface area contributed by atoms with Gasteiger partial charge in [-0.3, -0.25) is 0 Å². The lowest BCUT2D eigenvalue weighted by Crippen LogP contribution is -1.98. The Bertz CT molecular complexity index is 699. The maximum atomic E-state index is 8.56. The minimum absolute atomic E-state index is 0.379. The van der Waals surface area contributed by atoms with E-state index in [2.05, 4.69) is 31.9 Å². The summed E-state index contributed by atoms with van der Waals surface area (Å²) in [7, 11) is 0. The first-order chi connectivity index (χ1) is 10.1. The zero-order chi connectivity index (χ0) is 15.2. The van der Waals surface area contributed by atoms with Gasteiger partial charge in [-0.25, -0.2) is 0 Å². The number of rotatable bonds is 4. The second-order valence-electron chi connectivity index (χ2n) is 4.16. The Labute approximate surface area is 145 Å². The first-order valence-electron chi connectivity index (χ1n) is 6.03. The number of hydrogen-bond donors (Lipinski definition) is 0. The molecule has 0 amide bonds. The van der Waals surface area contributed by atoms with Gasteiger partial charge in [-0.1, -0.05) is 29.8 Å². The number of hydrogen-bond acceptors (Lipinski definition) is 2. The van der Waals surface area contributed by atoms with Gasteiger partial charge < -0.3 is 4.74 Å². The molecule has 0 aliphatic rings.